The summed E-state index contributed by atoms with van der Waals surface area (Å²) in [5.74, 6) is 0.141. The summed E-state index contributed by atoms with van der Waals surface area (Å²) >= 11 is 1.42. The topological polar surface area (TPSA) is 87.1 Å². The molecule has 2 atom stereocenters. The van der Waals surface area contributed by atoms with Crippen molar-refractivity contribution in [1.29, 1.82) is 0 Å². The highest BCUT2D eigenvalue weighted by atomic mass is 32.1. The maximum atomic E-state index is 11.9. The zero-order valence-corrected chi connectivity index (χ0v) is 13.0. The minimum Gasteiger partial charge on any atom is -0.396 e. The molecule has 116 valence electrons. The minimum absolute atomic E-state index is 0.0286. The van der Waals surface area contributed by atoms with Gasteiger partial charge in [0.2, 0.25) is 5.13 Å². The van der Waals surface area contributed by atoms with Gasteiger partial charge in [-0.15, -0.1) is 10.2 Å². The summed E-state index contributed by atoms with van der Waals surface area (Å²) in [7, 11) is 0. The third kappa shape index (κ3) is 5.09. The smallest absolute Gasteiger partial charge is 0.321 e. The number of aryl methyl sites for hydroxylation is 1. The summed E-state index contributed by atoms with van der Waals surface area (Å²) in [5, 5.41) is 24.1. The second-order valence-electron chi connectivity index (χ2n) is 5.23. The van der Waals surface area contributed by atoms with Crippen molar-refractivity contribution in [2.45, 2.75) is 45.1 Å². The van der Waals surface area contributed by atoms with Crippen LogP contribution in [0, 0.1) is 5.92 Å². The first-order valence-electron chi connectivity index (χ1n) is 7.40. The molecule has 0 saturated heterocycles. The van der Waals surface area contributed by atoms with E-state index in [-0.39, 0.29) is 24.6 Å². The van der Waals surface area contributed by atoms with Crippen molar-refractivity contribution in [3.8, 4) is 0 Å². The number of nitrogens with one attached hydrogen (secondary N) is 2. The number of carbonyl (C=O) groups excluding carboxylic acids is 1. The summed E-state index contributed by atoms with van der Waals surface area (Å²) in [6, 6.07) is -0.307. The number of urea groups is 1. The molecule has 1 aromatic heterocycles. The average Bonchev–Trinajstić information content (AvgIpc) is 3.08. The number of aliphatic hydroxyl groups is 1. The molecule has 0 aliphatic heterocycles. The van der Waals surface area contributed by atoms with Crippen molar-refractivity contribution in [2.24, 2.45) is 5.92 Å². The largest absolute Gasteiger partial charge is 0.396 e. The van der Waals surface area contributed by atoms with Crippen LogP contribution >= 0.6 is 11.3 Å². The fourth-order valence-corrected chi connectivity index (χ4v) is 3.03. The Labute approximate surface area is 128 Å². The van der Waals surface area contributed by atoms with Gasteiger partial charge in [-0.25, -0.2) is 4.79 Å². The maximum absolute atomic E-state index is 11.9. The van der Waals surface area contributed by atoms with E-state index < -0.39 is 0 Å². The van der Waals surface area contributed by atoms with E-state index in [1.807, 2.05) is 12.2 Å². The van der Waals surface area contributed by atoms with Crippen LogP contribution in [0.25, 0.3) is 0 Å². The molecule has 0 fully saturated rings. The van der Waals surface area contributed by atoms with Crippen molar-refractivity contribution in [3.05, 3.63) is 17.2 Å². The summed E-state index contributed by atoms with van der Waals surface area (Å²) in [5.41, 5.74) is 0. The highest BCUT2D eigenvalue weighted by Crippen LogP contribution is 2.19. The van der Waals surface area contributed by atoms with Gasteiger partial charge < -0.3 is 10.4 Å². The average molecular weight is 310 g/mol. The second-order valence-corrected chi connectivity index (χ2v) is 6.29. The number of unbranched alkanes of at least 4 members (excludes halogenated alkanes) is 2. The molecule has 0 bridgehead atoms. The third-order valence-corrected chi connectivity index (χ3v) is 4.30. The Balaban J connectivity index is 1.74. The van der Waals surface area contributed by atoms with E-state index in [9.17, 15) is 4.79 Å². The minimum atomic E-state index is -0.278. The molecule has 1 aliphatic carbocycles. The number of aromatic nitrogens is 2. The highest BCUT2D eigenvalue weighted by molar-refractivity contribution is 7.15. The monoisotopic (exact) mass is 310 g/mol. The lowest BCUT2D eigenvalue weighted by atomic mass is 10.1. The predicted molar refractivity (Wildman–Crippen MR) is 83.4 cm³/mol. The molecule has 1 aliphatic rings. The third-order valence-electron chi connectivity index (χ3n) is 3.40. The first kappa shape index (κ1) is 15.9. The summed E-state index contributed by atoms with van der Waals surface area (Å²) < 4.78 is 0. The van der Waals surface area contributed by atoms with E-state index in [2.05, 4.69) is 27.8 Å². The lowest BCUT2D eigenvalue weighted by molar-refractivity contribution is 0.238. The van der Waals surface area contributed by atoms with Crippen LogP contribution in [0.15, 0.2) is 12.2 Å². The number of nitrogens with zero attached hydrogens (tertiary/aromatic N) is 2. The second kappa shape index (κ2) is 8.09. The van der Waals surface area contributed by atoms with E-state index in [1.165, 1.54) is 24.2 Å². The Morgan fingerprint density at radius 2 is 2.29 bits per heavy atom. The first-order chi connectivity index (χ1) is 10.2. The Morgan fingerprint density at radius 3 is 3.00 bits per heavy atom. The molecule has 7 heteroatoms. The van der Waals surface area contributed by atoms with Crippen molar-refractivity contribution >= 4 is 22.5 Å². The van der Waals surface area contributed by atoms with Crippen LogP contribution in [0.3, 0.4) is 0 Å². The van der Waals surface area contributed by atoms with Crippen LogP contribution in [0.2, 0.25) is 0 Å². The fraction of sp³-hybridized carbons (Fsp3) is 0.643. The number of anilines is 1. The van der Waals surface area contributed by atoms with E-state index in [0.29, 0.717) is 5.13 Å². The van der Waals surface area contributed by atoms with Gasteiger partial charge in [-0.3, -0.25) is 5.32 Å². The molecule has 0 radical (unpaired) electrons. The SMILES string of the molecule is CCCCCc1nnc(NC(=O)N[C@@H]2C=C[C@H](CO)C2)s1. The molecule has 0 spiro atoms. The zero-order valence-electron chi connectivity index (χ0n) is 12.2. The van der Waals surface area contributed by atoms with Gasteiger partial charge in [0, 0.05) is 25.0 Å². The highest BCUT2D eigenvalue weighted by Gasteiger charge is 2.20. The molecule has 1 heterocycles. The number of amides is 2. The number of aliphatic hydroxyl groups excluding tert-OH is 1. The molecular formula is C14H22N4O2S. The molecule has 2 rings (SSSR count). The van der Waals surface area contributed by atoms with Crippen LogP contribution in [0.1, 0.15) is 37.6 Å². The molecule has 0 saturated carbocycles. The van der Waals surface area contributed by atoms with Gasteiger partial charge in [-0.05, 0) is 12.8 Å². The van der Waals surface area contributed by atoms with Crippen LogP contribution in [-0.4, -0.2) is 34.0 Å². The number of hydrogen-bond donors (Lipinski definition) is 3. The summed E-state index contributed by atoms with van der Waals surface area (Å²) in [4.78, 5) is 11.9. The van der Waals surface area contributed by atoms with E-state index in [1.54, 1.807) is 0 Å². The Hall–Kier alpha value is -1.47. The van der Waals surface area contributed by atoms with Crippen LogP contribution in [0.5, 0.6) is 0 Å². The number of carbonyl (C=O) groups is 1. The lowest BCUT2D eigenvalue weighted by Gasteiger charge is -2.12. The fourth-order valence-electron chi connectivity index (χ4n) is 2.25. The Morgan fingerprint density at radius 1 is 1.43 bits per heavy atom. The molecule has 1 aromatic rings. The zero-order chi connectivity index (χ0) is 15.1. The standard InChI is InChI=1S/C14H22N4O2S/c1-2-3-4-5-12-17-18-14(21-12)16-13(20)15-11-7-6-10(8-11)9-19/h6-7,10-11,19H,2-5,8-9H2,1H3,(H2,15,16,18,20)/t10-,11+/m0/s1. The molecule has 3 N–H and O–H groups in total. The normalized spacial score (nSPS) is 20.7. The van der Waals surface area contributed by atoms with E-state index in [4.69, 9.17) is 5.11 Å². The Bertz CT molecular complexity index is 489. The van der Waals surface area contributed by atoms with Crippen LogP contribution in [-0.2, 0) is 6.42 Å². The summed E-state index contributed by atoms with van der Waals surface area (Å²) in [6.45, 7) is 2.28. The predicted octanol–water partition coefficient (Wildman–Crippen LogP) is 2.33. The molecule has 2 amide bonds. The lowest BCUT2D eigenvalue weighted by Crippen LogP contribution is -2.36. The molecule has 6 nitrogen and oxygen atoms in total. The van der Waals surface area contributed by atoms with Gasteiger partial charge in [0.1, 0.15) is 5.01 Å². The van der Waals surface area contributed by atoms with Gasteiger partial charge in [0.25, 0.3) is 0 Å². The van der Waals surface area contributed by atoms with Gasteiger partial charge >= 0.3 is 6.03 Å². The van der Waals surface area contributed by atoms with Gasteiger partial charge in [-0.2, -0.15) is 0 Å². The van der Waals surface area contributed by atoms with Crippen molar-refractivity contribution in [2.75, 3.05) is 11.9 Å². The van der Waals surface area contributed by atoms with Crippen molar-refractivity contribution in [1.82, 2.24) is 15.5 Å². The van der Waals surface area contributed by atoms with Crippen LogP contribution < -0.4 is 10.6 Å². The summed E-state index contributed by atoms with van der Waals surface area (Å²) in [6.07, 6.45) is 8.96. The molecule has 0 aromatic carbocycles. The van der Waals surface area contributed by atoms with Gasteiger partial charge in [0.05, 0.1) is 0 Å². The first-order valence-corrected chi connectivity index (χ1v) is 8.22. The molecular weight excluding hydrogens is 288 g/mol. The molecule has 21 heavy (non-hydrogen) atoms. The Kier molecular flexibility index (Phi) is 6.13. The van der Waals surface area contributed by atoms with Crippen molar-refractivity contribution < 1.29 is 9.90 Å². The quantitative estimate of drug-likeness (QED) is 0.533. The van der Waals surface area contributed by atoms with E-state index >= 15 is 0 Å². The van der Waals surface area contributed by atoms with Gasteiger partial charge in [0.15, 0.2) is 0 Å². The van der Waals surface area contributed by atoms with Crippen LogP contribution in [0.4, 0.5) is 9.93 Å². The molecule has 0 unspecified atom stereocenters. The van der Waals surface area contributed by atoms with Crippen molar-refractivity contribution in [3.63, 3.8) is 0 Å². The maximum Gasteiger partial charge on any atom is 0.321 e. The number of hydrogen-bond acceptors (Lipinski definition) is 5. The number of rotatable bonds is 7. The van der Waals surface area contributed by atoms with E-state index in [0.717, 1.165) is 24.3 Å². The van der Waals surface area contributed by atoms with Gasteiger partial charge in [-0.1, -0.05) is 43.3 Å².